The molecule has 6 nitrogen and oxygen atoms in total. The van der Waals surface area contributed by atoms with Gasteiger partial charge in [0.1, 0.15) is 11.6 Å². The first-order valence-corrected chi connectivity index (χ1v) is 10.9. The van der Waals surface area contributed by atoms with Gasteiger partial charge in [-0.1, -0.05) is 48.0 Å². The molecule has 6 heteroatoms. The molecule has 0 amide bonds. The van der Waals surface area contributed by atoms with E-state index in [1.54, 1.807) is 6.08 Å². The fourth-order valence-corrected chi connectivity index (χ4v) is 4.15. The van der Waals surface area contributed by atoms with Gasteiger partial charge >= 0.3 is 5.97 Å². The summed E-state index contributed by atoms with van der Waals surface area (Å²) in [6.07, 6.45) is 5.35. The Morgan fingerprint density at radius 2 is 1.91 bits per heavy atom. The Balaban J connectivity index is 1.65. The Morgan fingerprint density at radius 3 is 2.61 bits per heavy atom. The van der Waals surface area contributed by atoms with E-state index in [-0.39, 0.29) is 0 Å². The van der Waals surface area contributed by atoms with E-state index in [9.17, 15) is 10.1 Å². The topological polar surface area (TPSA) is 82.2 Å². The summed E-state index contributed by atoms with van der Waals surface area (Å²) in [6, 6.07) is 16.9. The number of nitrogens with zero attached hydrogens (tertiary/aromatic N) is 4. The Morgan fingerprint density at radius 1 is 1.15 bits per heavy atom. The number of benzene rings is 2. The van der Waals surface area contributed by atoms with E-state index in [4.69, 9.17) is 5.11 Å². The standard InChI is InChI=1S/C27H26N4O2/c1-18-7-11-24(12-8-18)31-27(25(16-28)20(3)29-31)30-14-13-22-15-21(9-10-23(22)17-30)19(2)5-4-6-26(32)33/h4-12,15H,13-14,17H2,1-3H3,(H,32,33)/b6-4+,19-5+. The molecule has 0 saturated heterocycles. The second kappa shape index (κ2) is 9.17. The Hall–Kier alpha value is -4.11. The smallest absolute Gasteiger partial charge is 0.328 e. The molecule has 166 valence electrons. The molecular weight excluding hydrogens is 412 g/mol. The number of hydrogen-bond acceptors (Lipinski definition) is 4. The van der Waals surface area contributed by atoms with Crippen LogP contribution in [0.2, 0.25) is 0 Å². The van der Waals surface area contributed by atoms with E-state index in [1.807, 2.05) is 36.7 Å². The molecule has 33 heavy (non-hydrogen) atoms. The van der Waals surface area contributed by atoms with Crippen molar-refractivity contribution in [1.29, 1.82) is 5.26 Å². The normalized spacial score (nSPS) is 13.8. The van der Waals surface area contributed by atoms with Gasteiger partial charge in [-0.2, -0.15) is 10.4 Å². The molecular formula is C27H26N4O2. The van der Waals surface area contributed by atoms with Crippen molar-refractivity contribution >= 4 is 17.4 Å². The van der Waals surface area contributed by atoms with E-state index in [0.29, 0.717) is 12.1 Å². The van der Waals surface area contributed by atoms with Crippen molar-refractivity contribution < 1.29 is 9.90 Å². The lowest BCUT2D eigenvalue weighted by molar-refractivity contribution is -0.131. The van der Waals surface area contributed by atoms with Gasteiger partial charge in [-0.3, -0.25) is 0 Å². The number of anilines is 1. The second-order valence-corrected chi connectivity index (χ2v) is 8.35. The van der Waals surface area contributed by atoms with Crippen molar-refractivity contribution in [2.75, 3.05) is 11.4 Å². The third-order valence-electron chi connectivity index (χ3n) is 5.98. The molecule has 4 rings (SSSR count). The summed E-state index contributed by atoms with van der Waals surface area (Å²) in [5.74, 6) is -0.120. The zero-order valence-electron chi connectivity index (χ0n) is 19.0. The van der Waals surface area contributed by atoms with Crippen LogP contribution in [0.3, 0.4) is 0 Å². The number of aliphatic carboxylic acids is 1. The van der Waals surface area contributed by atoms with Gasteiger partial charge in [0.2, 0.25) is 0 Å². The Kier molecular flexibility index (Phi) is 6.14. The first-order valence-electron chi connectivity index (χ1n) is 10.9. The van der Waals surface area contributed by atoms with Gasteiger partial charge in [0, 0.05) is 19.2 Å². The molecule has 2 heterocycles. The summed E-state index contributed by atoms with van der Waals surface area (Å²) in [5.41, 5.74) is 8.04. The molecule has 0 fully saturated rings. The van der Waals surface area contributed by atoms with Gasteiger partial charge in [0.15, 0.2) is 5.82 Å². The van der Waals surface area contributed by atoms with Crippen LogP contribution in [0.25, 0.3) is 11.3 Å². The van der Waals surface area contributed by atoms with E-state index >= 15 is 0 Å². The Bertz CT molecular complexity index is 1310. The number of carboxylic acid groups (broad SMARTS) is 1. The van der Waals surface area contributed by atoms with E-state index < -0.39 is 5.97 Å². The highest BCUT2D eigenvalue weighted by molar-refractivity contribution is 5.80. The van der Waals surface area contributed by atoms with Crippen LogP contribution in [0.1, 0.15) is 40.4 Å². The number of hydrogen-bond donors (Lipinski definition) is 1. The van der Waals surface area contributed by atoms with Crippen molar-refractivity contribution in [3.63, 3.8) is 0 Å². The van der Waals surface area contributed by atoms with Gasteiger partial charge < -0.3 is 10.0 Å². The summed E-state index contributed by atoms with van der Waals surface area (Å²) >= 11 is 0. The van der Waals surface area contributed by atoms with Crippen LogP contribution in [-0.2, 0) is 17.8 Å². The third-order valence-corrected chi connectivity index (χ3v) is 5.98. The minimum atomic E-state index is -0.957. The number of rotatable bonds is 5. The number of aromatic nitrogens is 2. The number of allylic oxidation sites excluding steroid dienone is 3. The maximum absolute atomic E-state index is 10.7. The quantitative estimate of drug-likeness (QED) is 0.449. The van der Waals surface area contributed by atoms with Crippen molar-refractivity contribution in [2.24, 2.45) is 0 Å². The maximum atomic E-state index is 10.7. The van der Waals surface area contributed by atoms with Gasteiger partial charge in [-0.05, 0) is 61.6 Å². The minimum absolute atomic E-state index is 0.611. The average molecular weight is 439 g/mol. The van der Waals surface area contributed by atoms with Crippen molar-refractivity contribution in [3.05, 3.63) is 94.2 Å². The second-order valence-electron chi connectivity index (χ2n) is 8.35. The van der Waals surface area contributed by atoms with E-state index in [0.717, 1.165) is 47.4 Å². The monoisotopic (exact) mass is 438 g/mol. The van der Waals surface area contributed by atoms with E-state index in [2.05, 4.69) is 53.3 Å². The highest BCUT2D eigenvalue weighted by atomic mass is 16.4. The van der Waals surface area contributed by atoms with E-state index in [1.165, 1.54) is 16.7 Å². The number of aryl methyl sites for hydroxylation is 2. The van der Waals surface area contributed by atoms with Crippen LogP contribution in [0.15, 0.2) is 60.7 Å². The molecule has 0 atom stereocenters. The van der Waals surface area contributed by atoms with Crippen LogP contribution in [0.5, 0.6) is 0 Å². The maximum Gasteiger partial charge on any atom is 0.328 e. The predicted molar refractivity (Wildman–Crippen MR) is 129 cm³/mol. The molecule has 0 aliphatic carbocycles. The van der Waals surface area contributed by atoms with Crippen LogP contribution >= 0.6 is 0 Å². The number of fused-ring (bicyclic) bond motifs is 1. The molecule has 1 aliphatic rings. The summed E-state index contributed by atoms with van der Waals surface area (Å²) in [7, 11) is 0. The minimum Gasteiger partial charge on any atom is -0.478 e. The van der Waals surface area contributed by atoms with Crippen LogP contribution in [-0.4, -0.2) is 27.4 Å². The number of carboxylic acids is 1. The predicted octanol–water partition coefficient (Wildman–Crippen LogP) is 4.97. The molecule has 0 bridgehead atoms. The summed E-state index contributed by atoms with van der Waals surface area (Å²) < 4.78 is 1.88. The number of carbonyl (C=O) groups is 1. The molecule has 0 unspecified atom stereocenters. The zero-order chi connectivity index (χ0) is 23.5. The molecule has 1 N–H and O–H groups in total. The van der Waals surface area contributed by atoms with Crippen molar-refractivity contribution in [2.45, 2.75) is 33.7 Å². The molecule has 2 aromatic carbocycles. The first-order chi connectivity index (χ1) is 15.9. The van der Waals surface area contributed by atoms with Crippen LogP contribution in [0.4, 0.5) is 5.82 Å². The lowest BCUT2D eigenvalue weighted by Crippen LogP contribution is -2.32. The van der Waals surface area contributed by atoms with Crippen LogP contribution < -0.4 is 4.90 Å². The summed E-state index contributed by atoms with van der Waals surface area (Å²) in [5, 5.41) is 23.3. The highest BCUT2D eigenvalue weighted by Crippen LogP contribution is 2.32. The average Bonchev–Trinajstić information content (AvgIpc) is 3.14. The lowest BCUT2D eigenvalue weighted by atomic mass is 9.94. The highest BCUT2D eigenvalue weighted by Gasteiger charge is 2.25. The molecule has 1 aliphatic heterocycles. The van der Waals surface area contributed by atoms with Gasteiger partial charge in [0.25, 0.3) is 0 Å². The molecule has 1 aromatic heterocycles. The molecule has 0 radical (unpaired) electrons. The van der Waals surface area contributed by atoms with Gasteiger partial charge in [-0.25, -0.2) is 9.48 Å². The number of nitriles is 1. The molecule has 0 saturated carbocycles. The van der Waals surface area contributed by atoms with Crippen LogP contribution in [0, 0.1) is 25.2 Å². The fraction of sp³-hybridized carbons (Fsp3) is 0.222. The molecule has 3 aromatic rings. The van der Waals surface area contributed by atoms with Gasteiger partial charge in [-0.15, -0.1) is 0 Å². The SMILES string of the molecule is C/C(=C\C=C\C(=O)O)c1ccc2c(c1)CCN(c1c(C#N)c(C)nn1-c1ccc(C)cc1)C2. The van der Waals surface area contributed by atoms with Crippen molar-refractivity contribution in [1.82, 2.24) is 9.78 Å². The fourth-order valence-electron chi connectivity index (χ4n) is 4.15. The van der Waals surface area contributed by atoms with Gasteiger partial charge in [0.05, 0.1) is 11.4 Å². The Labute approximate surface area is 193 Å². The summed E-state index contributed by atoms with van der Waals surface area (Å²) in [6.45, 7) is 7.39. The largest absolute Gasteiger partial charge is 0.478 e. The first kappa shape index (κ1) is 22.1. The molecule has 0 spiro atoms. The summed E-state index contributed by atoms with van der Waals surface area (Å²) in [4.78, 5) is 12.9. The zero-order valence-corrected chi connectivity index (χ0v) is 19.0. The van der Waals surface area contributed by atoms with Crippen molar-refractivity contribution in [3.8, 4) is 11.8 Å². The third kappa shape index (κ3) is 4.58. The lowest BCUT2D eigenvalue weighted by Gasteiger charge is -2.31.